The second-order valence-corrected chi connectivity index (χ2v) is 8.29. The molecule has 1 atom stereocenters. The lowest BCUT2D eigenvalue weighted by Gasteiger charge is -2.32. The third-order valence-electron chi connectivity index (χ3n) is 5.32. The van der Waals surface area contributed by atoms with E-state index < -0.39 is 0 Å². The molecule has 0 radical (unpaired) electrons. The predicted octanol–water partition coefficient (Wildman–Crippen LogP) is 2.15. The van der Waals surface area contributed by atoms with Crippen LogP contribution in [-0.4, -0.2) is 70.2 Å². The number of nitrogens with zero attached hydrogens (tertiary/aromatic N) is 4. The van der Waals surface area contributed by atoms with Crippen molar-refractivity contribution in [3.63, 3.8) is 0 Å². The molecule has 7 nitrogen and oxygen atoms in total. The fraction of sp³-hybridized carbons (Fsp3) is 0.737. The van der Waals surface area contributed by atoms with Crippen LogP contribution in [0.5, 0.6) is 6.01 Å². The van der Waals surface area contributed by atoms with E-state index in [1.807, 2.05) is 4.90 Å². The summed E-state index contributed by atoms with van der Waals surface area (Å²) in [7, 11) is 0. The van der Waals surface area contributed by atoms with Gasteiger partial charge in [0, 0.05) is 57.0 Å². The van der Waals surface area contributed by atoms with Crippen molar-refractivity contribution in [2.45, 2.75) is 51.7 Å². The summed E-state index contributed by atoms with van der Waals surface area (Å²) in [5, 5.41) is 3.13. The average molecular weight is 361 g/mol. The lowest BCUT2D eigenvalue weighted by Crippen LogP contribution is -2.47. The van der Waals surface area contributed by atoms with Crippen LogP contribution >= 0.6 is 0 Å². The van der Waals surface area contributed by atoms with Gasteiger partial charge < -0.3 is 15.0 Å². The number of ether oxygens (including phenoxy) is 1. The molecule has 0 spiro atoms. The zero-order chi connectivity index (χ0) is 18.6. The molecule has 3 heterocycles. The molecule has 2 aliphatic rings. The lowest BCUT2D eigenvalue weighted by molar-refractivity contribution is 0.103. The fourth-order valence-electron chi connectivity index (χ4n) is 3.62. The highest BCUT2D eigenvalue weighted by Gasteiger charge is 2.31. The van der Waals surface area contributed by atoms with Crippen molar-refractivity contribution in [2.75, 3.05) is 32.7 Å². The van der Waals surface area contributed by atoms with E-state index in [2.05, 4.69) is 41.0 Å². The van der Waals surface area contributed by atoms with E-state index in [1.165, 1.54) is 0 Å². The molecule has 0 aliphatic carbocycles. The normalized spacial score (nSPS) is 22.4. The van der Waals surface area contributed by atoms with Gasteiger partial charge in [-0.2, -0.15) is 0 Å². The van der Waals surface area contributed by atoms with Crippen molar-refractivity contribution in [2.24, 2.45) is 5.92 Å². The van der Waals surface area contributed by atoms with Gasteiger partial charge in [-0.05, 0) is 45.7 Å². The van der Waals surface area contributed by atoms with Gasteiger partial charge in [0.05, 0.1) is 0 Å². The molecular formula is C19H31N5O2. The van der Waals surface area contributed by atoms with E-state index in [0.717, 1.165) is 38.9 Å². The van der Waals surface area contributed by atoms with E-state index in [0.29, 0.717) is 25.0 Å². The topological polar surface area (TPSA) is 70.6 Å². The van der Waals surface area contributed by atoms with Crippen LogP contribution in [0.25, 0.3) is 0 Å². The average Bonchev–Trinajstić information content (AvgIpc) is 3.11. The van der Waals surface area contributed by atoms with Crippen molar-refractivity contribution < 1.29 is 9.53 Å². The minimum atomic E-state index is 0.0496. The third kappa shape index (κ3) is 5.06. The Morgan fingerprint density at radius 3 is 2.50 bits per heavy atom. The third-order valence-corrected chi connectivity index (χ3v) is 5.32. The largest absolute Gasteiger partial charge is 0.460 e. The Kier molecular flexibility index (Phi) is 5.96. The zero-order valence-corrected chi connectivity index (χ0v) is 16.1. The fourth-order valence-corrected chi connectivity index (χ4v) is 3.62. The zero-order valence-electron chi connectivity index (χ0n) is 16.1. The number of hydrogen-bond acceptors (Lipinski definition) is 5. The van der Waals surface area contributed by atoms with E-state index in [-0.39, 0.29) is 17.7 Å². The summed E-state index contributed by atoms with van der Waals surface area (Å²) in [6.07, 6.45) is 6.21. The molecule has 0 bridgehead atoms. The van der Waals surface area contributed by atoms with Gasteiger partial charge in [0.2, 0.25) is 0 Å². The van der Waals surface area contributed by atoms with Crippen molar-refractivity contribution >= 4 is 6.03 Å². The highest BCUT2D eigenvalue weighted by Crippen LogP contribution is 2.24. The van der Waals surface area contributed by atoms with E-state index in [9.17, 15) is 4.79 Å². The number of hydrogen-bond donors (Lipinski definition) is 1. The van der Waals surface area contributed by atoms with Gasteiger partial charge in [-0.15, -0.1) is 0 Å². The standard InChI is InChI=1S/C19H31N5O2/c1-19(2,3)24-12-5-15(14-24)13-22-18(25)23-10-6-16(7-11-23)26-17-20-8-4-9-21-17/h4,8-9,15-16H,5-7,10-14H2,1-3H3,(H,22,25)/t15-/m0/s1. The van der Waals surface area contributed by atoms with Gasteiger partial charge in [0.15, 0.2) is 0 Å². The van der Waals surface area contributed by atoms with E-state index in [1.54, 1.807) is 18.5 Å². The van der Waals surface area contributed by atoms with Gasteiger partial charge in [-0.25, -0.2) is 14.8 Å². The Labute approximate surface area is 156 Å². The summed E-state index contributed by atoms with van der Waals surface area (Å²) in [4.78, 5) is 25.0. The summed E-state index contributed by atoms with van der Waals surface area (Å²) in [5.41, 5.74) is 0.211. The van der Waals surface area contributed by atoms with Crippen LogP contribution in [0.1, 0.15) is 40.0 Å². The van der Waals surface area contributed by atoms with Gasteiger partial charge >= 0.3 is 12.0 Å². The first-order valence-corrected chi connectivity index (χ1v) is 9.63. The lowest BCUT2D eigenvalue weighted by atomic mass is 10.1. The summed E-state index contributed by atoms with van der Waals surface area (Å²) < 4.78 is 5.78. The molecule has 7 heteroatoms. The molecule has 1 aromatic rings. The molecule has 26 heavy (non-hydrogen) atoms. The number of amides is 2. The van der Waals surface area contributed by atoms with Crippen LogP contribution in [0.3, 0.4) is 0 Å². The molecular weight excluding hydrogens is 330 g/mol. The van der Waals surface area contributed by atoms with Crippen LogP contribution in [0.4, 0.5) is 4.79 Å². The Morgan fingerprint density at radius 1 is 1.19 bits per heavy atom. The number of likely N-dealkylation sites (tertiary alicyclic amines) is 2. The quantitative estimate of drug-likeness (QED) is 0.890. The smallest absolute Gasteiger partial charge is 0.317 e. The van der Waals surface area contributed by atoms with Crippen molar-refractivity contribution in [1.29, 1.82) is 0 Å². The summed E-state index contributed by atoms with van der Waals surface area (Å²) >= 11 is 0. The Balaban J connectivity index is 1.36. The minimum Gasteiger partial charge on any atom is -0.460 e. The van der Waals surface area contributed by atoms with E-state index >= 15 is 0 Å². The first-order chi connectivity index (χ1) is 12.4. The Bertz CT molecular complexity index is 581. The summed E-state index contributed by atoms with van der Waals surface area (Å²) in [5.74, 6) is 0.550. The van der Waals surface area contributed by atoms with Crippen LogP contribution < -0.4 is 10.1 Å². The van der Waals surface area contributed by atoms with Crippen LogP contribution in [-0.2, 0) is 0 Å². The second-order valence-electron chi connectivity index (χ2n) is 8.29. The van der Waals surface area contributed by atoms with Crippen LogP contribution in [0.2, 0.25) is 0 Å². The molecule has 0 unspecified atom stereocenters. The number of rotatable bonds is 4. The number of piperidine rings is 1. The highest BCUT2D eigenvalue weighted by atomic mass is 16.5. The minimum absolute atomic E-state index is 0.0496. The molecule has 3 rings (SSSR count). The molecule has 1 N–H and O–H groups in total. The first kappa shape index (κ1) is 18.9. The monoisotopic (exact) mass is 361 g/mol. The summed E-state index contributed by atoms with van der Waals surface area (Å²) in [6.45, 7) is 11.1. The Hall–Kier alpha value is -1.89. The van der Waals surface area contributed by atoms with Crippen LogP contribution in [0, 0.1) is 5.92 Å². The first-order valence-electron chi connectivity index (χ1n) is 9.63. The molecule has 0 aromatic carbocycles. The second kappa shape index (κ2) is 8.20. The number of aromatic nitrogens is 2. The molecule has 144 valence electrons. The van der Waals surface area contributed by atoms with E-state index in [4.69, 9.17) is 4.74 Å². The van der Waals surface area contributed by atoms with Crippen molar-refractivity contribution in [3.8, 4) is 6.01 Å². The number of urea groups is 1. The van der Waals surface area contributed by atoms with Crippen LogP contribution in [0.15, 0.2) is 18.5 Å². The maximum Gasteiger partial charge on any atom is 0.317 e. The predicted molar refractivity (Wildman–Crippen MR) is 100 cm³/mol. The number of carbonyl (C=O) groups excluding carboxylic acids is 1. The van der Waals surface area contributed by atoms with Crippen molar-refractivity contribution in [3.05, 3.63) is 18.5 Å². The molecule has 2 amide bonds. The highest BCUT2D eigenvalue weighted by molar-refractivity contribution is 5.74. The van der Waals surface area contributed by atoms with Gasteiger partial charge in [0.25, 0.3) is 0 Å². The maximum atomic E-state index is 12.4. The molecule has 0 saturated carbocycles. The molecule has 2 aliphatic heterocycles. The maximum absolute atomic E-state index is 12.4. The van der Waals surface area contributed by atoms with Gasteiger partial charge in [0.1, 0.15) is 6.10 Å². The SMILES string of the molecule is CC(C)(C)N1CC[C@@H](CNC(=O)N2CCC(Oc3ncccn3)CC2)C1. The molecule has 2 fully saturated rings. The number of carbonyl (C=O) groups is 1. The molecule has 1 aromatic heterocycles. The van der Waals surface area contributed by atoms with Crippen molar-refractivity contribution in [1.82, 2.24) is 25.1 Å². The number of nitrogens with one attached hydrogen (secondary N) is 1. The van der Waals surface area contributed by atoms with Gasteiger partial charge in [-0.3, -0.25) is 4.90 Å². The summed E-state index contributed by atoms with van der Waals surface area (Å²) in [6, 6.07) is 2.24. The Morgan fingerprint density at radius 2 is 1.88 bits per heavy atom. The molecule has 2 saturated heterocycles. The van der Waals surface area contributed by atoms with Gasteiger partial charge in [-0.1, -0.05) is 0 Å².